The Balaban J connectivity index is 1.84. The molecular weight excluding hydrogens is 254 g/mol. The lowest BCUT2D eigenvalue weighted by atomic mass is 9.97. The summed E-state index contributed by atoms with van der Waals surface area (Å²) in [5.74, 6) is 0.960. The molecule has 20 heavy (non-hydrogen) atoms. The Labute approximate surface area is 117 Å². The molecule has 1 aromatic heterocycles. The lowest BCUT2D eigenvalue weighted by molar-refractivity contribution is -0.124. The van der Waals surface area contributed by atoms with E-state index in [0.717, 1.165) is 42.1 Å². The molecule has 1 unspecified atom stereocenters. The quantitative estimate of drug-likeness (QED) is 0.715. The van der Waals surface area contributed by atoms with Gasteiger partial charge in [0.25, 0.3) is 0 Å². The van der Waals surface area contributed by atoms with Gasteiger partial charge in [0.1, 0.15) is 0 Å². The maximum Gasteiger partial charge on any atom is 0.224 e. The molecule has 0 radical (unpaired) electrons. The van der Waals surface area contributed by atoms with Gasteiger partial charge in [-0.2, -0.15) is 0 Å². The molecule has 2 aromatic rings. The summed E-state index contributed by atoms with van der Waals surface area (Å²) in [5, 5.41) is 2.73. The van der Waals surface area contributed by atoms with Crippen molar-refractivity contribution in [1.82, 2.24) is 15.3 Å². The zero-order valence-electron chi connectivity index (χ0n) is 11.5. The van der Waals surface area contributed by atoms with Gasteiger partial charge in [-0.05, 0) is 31.0 Å². The van der Waals surface area contributed by atoms with Crippen LogP contribution in [-0.2, 0) is 4.79 Å². The number of imidazole rings is 1. The third kappa shape index (κ3) is 2.29. The van der Waals surface area contributed by atoms with Gasteiger partial charge in [-0.3, -0.25) is 4.79 Å². The van der Waals surface area contributed by atoms with E-state index in [2.05, 4.69) is 20.2 Å². The van der Waals surface area contributed by atoms with Crippen LogP contribution in [0.3, 0.4) is 0 Å². The average molecular weight is 273 g/mol. The van der Waals surface area contributed by atoms with E-state index in [-0.39, 0.29) is 11.8 Å². The monoisotopic (exact) mass is 273 g/mol. The van der Waals surface area contributed by atoms with E-state index in [1.54, 1.807) is 7.05 Å². The molecule has 4 N–H and O–H groups in total. The van der Waals surface area contributed by atoms with Crippen LogP contribution in [0.25, 0.3) is 11.0 Å². The van der Waals surface area contributed by atoms with Gasteiger partial charge in [0.2, 0.25) is 11.9 Å². The highest BCUT2D eigenvalue weighted by molar-refractivity contribution is 5.81. The minimum Gasteiger partial charge on any atom is -0.399 e. The fraction of sp³-hybridized carbons (Fsp3) is 0.429. The van der Waals surface area contributed by atoms with Crippen molar-refractivity contribution in [2.75, 3.05) is 30.8 Å². The number of piperidine rings is 1. The number of hydrogen-bond acceptors (Lipinski definition) is 4. The molecule has 6 nitrogen and oxygen atoms in total. The summed E-state index contributed by atoms with van der Waals surface area (Å²) in [4.78, 5) is 21.8. The summed E-state index contributed by atoms with van der Waals surface area (Å²) in [5.41, 5.74) is 8.33. The Kier molecular flexibility index (Phi) is 3.22. The van der Waals surface area contributed by atoms with Crippen molar-refractivity contribution >= 4 is 28.6 Å². The fourth-order valence-corrected chi connectivity index (χ4v) is 2.75. The highest BCUT2D eigenvalue weighted by atomic mass is 16.1. The zero-order valence-corrected chi connectivity index (χ0v) is 11.5. The lowest BCUT2D eigenvalue weighted by Gasteiger charge is -2.31. The van der Waals surface area contributed by atoms with Crippen LogP contribution in [0.15, 0.2) is 18.2 Å². The number of carbonyl (C=O) groups is 1. The van der Waals surface area contributed by atoms with Gasteiger partial charge in [-0.25, -0.2) is 4.98 Å². The van der Waals surface area contributed by atoms with Gasteiger partial charge in [-0.15, -0.1) is 0 Å². The number of nitrogens with zero attached hydrogens (tertiary/aromatic N) is 2. The van der Waals surface area contributed by atoms with Gasteiger partial charge < -0.3 is 20.9 Å². The number of fused-ring (bicyclic) bond motifs is 1. The van der Waals surface area contributed by atoms with E-state index in [1.165, 1.54) is 0 Å². The van der Waals surface area contributed by atoms with Crippen LogP contribution in [0, 0.1) is 5.92 Å². The Morgan fingerprint density at radius 3 is 3.20 bits per heavy atom. The number of nitrogens with one attached hydrogen (secondary N) is 2. The summed E-state index contributed by atoms with van der Waals surface area (Å²) >= 11 is 0. The van der Waals surface area contributed by atoms with Crippen molar-refractivity contribution in [2.45, 2.75) is 12.8 Å². The average Bonchev–Trinajstić information content (AvgIpc) is 2.89. The molecule has 1 saturated heterocycles. The van der Waals surface area contributed by atoms with E-state index in [0.29, 0.717) is 6.54 Å². The number of rotatable bonds is 2. The molecule has 1 amide bonds. The fourth-order valence-electron chi connectivity index (χ4n) is 2.75. The summed E-state index contributed by atoms with van der Waals surface area (Å²) < 4.78 is 0. The summed E-state index contributed by atoms with van der Waals surface area (Å²) in [6.07, 6.45) is 1.93. The number of nitrogen functional groups attached to an aromatic ring is 1. The highest BCUT2D eigenvalue weighted by Gasteiger charge is 2.26. The zero-order chi connectivity index (χ0) is 14.1. The van der Waals surface area contributed by atoms with Crippen molar-refractivity contribution in [3.8, 4) is 0 Å². The third-order valence-electron chi connectivity index (χ3n) is 3.83. The Morgan fingerprint density at radius 1 is 1.55 bits per heavy atom. The van der Waals surface area contributed by atoms with E-state index >= 15 is 0 Å². The maximum atomic E-state index is 11.8. The van der Waals surface area contributed by atoms with Gasteiger partial charge >= 0.3 is 0 Å². The molecule has 3 rings (SSSR count). The number of anilines is 2. The van der Waals surface area contributed by atoms with Crippen LogP contribution in [-0.4, -0.2) is 36.0 Å². The topological polar surface area (TPSA) is 87.0 Å². The number of aromatic amines is 1. The standard InChI is InChI=1S/C14H19N5O/c1-16-13(20)9-3-2-6-19(8-9)14-17-11-5-4-10(15)7-12(11)18-14/h4-5,7,9H,2-3,6,8,15H2,1H3,(H,16,20)(H,17,18). The number of benzene rings is 1. The largest absolute Gasteiger partial charge is 0.399 e. The van der Waals surface area contributed by atoms with Crippen molar-refractivity contribution in [1.29, 1.82) is 0 Å². The van der Waals surface area contributed by atoms with E-state index in [1.807, 2.05) is 18.2 Å². The van der Waals surface area contributed by atoms with Crippen LogP contribution in [0.2, 0.25) is 0 Å². The number of hydrogen-bond donors (Lipinski definition) is 3. The molecule has 6 heteroatoms. The smallest absolute Gasteiger partial charge is 0.224 e. The third-order valence-corrected chi connectivity index (χ3v) is 3.83. The SMILES string of the molecule is CNC(=O)C1CCCN(c2nc3ccc(N)cc3[nH]2)C1. The number of nitrogens with two attached hydrogens (primary N) is 1. The number of carbonyl (C=O) groups excluding carboxylic acids is 1. The normalized spacial score (nSPS) is 19.2. The molecule has 1 atom stereocenters. The first kappa shape index (κ1) is 12.8. The first-order chi connectivity index (χ1) is 9.67. The lowest BCUT2D eigenvalue weighted by Crippen LogP contribution is -2.42. The molecule has 0 bridgehead atoms. The van der Waals surface area contributed by atoms with Crippen molar-refractivity contribution < 1.29 is 4.79 Å². The Bertz CT molecular complexity index is 636. The second kappa shape index (κ2) is 5.03. The Morgan fingerprint density at radius 2 is 2.40 bits per heavy atom. The van der Waals surface area contributed by atoms with Crippen molar-refractivity contribution in [3.05, 3.63) is 18.2 Å². The highest BCUT2D eigenvalue weighted by Crippen LogP contribution is 2.24. The molecule has 0 saturated carbocycles. The summed E-state index contributed by atoms with van der Waals surface area (Å²) in [7, 11) is 1.69. The van der Waals surface area contributed by atoms with Crippen LogP contribution in [0.4, 0.5) is 11.6 Å². The maximum absolute atomic E-state index is 11.8. The molecule has 1 aromatic carbocycles. The van der Waals surface area contributed by atoms with E-state index < -0.39 is 0 Å². The molecule has 1 aliphatic rings. The van der Waals surface area contributed by atoms with E-state index in [4.69, 9.17) is 5.73 Å². The molecular formula is C14H19N5O. The first-order valence-electron chi connectivity index (χ1n) is 6.89. The van der Waals surface area contributed by atoms with Crippen LogP contribution < -0.4 is 16.0 Å². The minimum absolute atomic E-state index is 0.0343. The second-order valence-corrected chi connectivity index (χ2v) is 5.24. The van der Waals surface area contributed by atoms with E-state index in [9.17, 15) is 4.79 Å². The van der Waals surface area contributed by atoms with Crippen molar-refractivity contribution in [3.63, 3.8) is 0 Å². The molecule has 1 aliphatic heterocycles. The summed E-state index contributed by atoms with van der Waals surface area (Å²) in [6, 6.07) is 5.63. The number of aromatic nitrogens is 2. The van der Waals surface area contributed by atoms with Gasteiger partial charge in [-0.1, -0.05) is 0 Å². The molecule has 0 spiro atoms. The summed E-state index contributed by atoms with van der Waals surface area (Å²) in [6.45, 7) is 1.62. The van der Waals surface area contributed by atoms with Crippen LogP contribution >= 0.6 is 0 Å². The van der Waals surface area contributed by atoms with Crippen LogP contribution in [0.1, 0.15) is 12.8 Å². The molecule has 106 valence electrons. The minimum atomic E-state index is 0.0343. The second-order valence-electron chi connectivity index (χ2n) is 5.24. The van der Waals surface area contributed by atoms with Crippen LogP contribution in [0.5, 0.6) is 0 Å². The number of amides is 1. The predicted molar refractivity (Wildman–Crippen MR) is 79.5 cm³/mol. The van der Waals surface area contributed by atoms with Gasteiger partial charge in [0.15, 0.2) is 0 Å². The molecule has 0 aliphatic carbocycles. The molecule has 2 heterocycles. The van der Waals surface area contributed by atoms with Gasteiger partial charge in [0, 0.05) is 25.8 Å². The van der Waals surface area contributed by atoms with Crippen molar-refractivity contribution in [2.24, 2.45) is 5.92 Å². The number of H-pyrrole nitrogens is 1. The molecule has 1 fully saturated rings. The van der Waals surface area contributed by atoms with Gasteiger partial charge in [0.05, 0.1) is 17.0 Å². The Hall–Kier alpha value is -2.24. The first-order valence-corrected chi connectivity index (χ1v) is 6.89. The predicted octanol–water partition coefficient (Wildman–Crippen LogP) is 1.11.